The molecular formula is C15H23N3O. The van der Waals surface area contributed by atoms with E-state index in [4.69, 9.17) is 0 Å². The number of aromatic nitrogens is 1. The van der Waals surface area contributed by atoms with Gasteiger partial charge in [-0.2, -0.15) is 0 Å². The van der Waals surface area contributed by atoms with Crippen LogP contribution in [-0.2, 0) is 7.05 Å². The van der Waals surface area contributed by atoms with Crippen molar-refractivity contribution in [1.82, 2.24) is 14.8 Å². The summed E-state index contributed by atoms with van der Waals surface area (Å²) in [5, 5.41) is 3.44. The van der Waals surface area contributed by atoms with Crippen LogP contribution >= 0.6 is 0 Å². The van der Waals surface area contributed by atoms with Gasteiger partial charge in [0.25, 0.3) is 5.91 Å². The molecule has 2 fully saturated rings. The smallest absolute Gasteiger partial charge is 0.270 e. The summed E-state index contributed by atoms with van der Waals surface area (Å²) in [5.74, 6) is 0.191. The third kappa shape index (κ3) is 2.41. The minimum Gasteiger partial charge on any atom is -0.347 e. The lowest BCUT2D eigenvalue weighted by molar-refractivity contribution is 0.0488. The summed E-state index contributed by atoms with van der Waals surface area (Å²) in [7, 11) is 1.94. The van der Waals surface area contributed by atoms with Crippen LogP contribution in [0.4, 0.5) is 0 Å². The normalized spacial score (nSPS) is 22.7. The second kappa shape index (κ2) is 5.00. The van der Waals surface area contributed by atoms with Crippen LogP contribution in [-0.4, -0.2) is 41.6 Å². The van der Waals surface area contributed by atoms with Crippen LogP contribution in [0.1, 0.15) is 36.2 Å². The molecule has 1 N–H and O–H groups in total. The van der Waals surface area contributed by atoms with Crippen LogP contribution in [0.3, 0.4) is 0 Å². The number of aryl methyl sites for hydroxylation is 1. The van der Waals surface area contributed by atoms with Gasteiger partial charge in [-0.05, 0) is 56.3 Å². The number of carbonyl (C=O) groups is 1. The van der Waals surface area contributed by atoms with Gasteiger partial charge < -0.3 is 14.8 Å². The monoisotopic (exact) mass is 261 g/mol. The molecule has 0 saturated carbocycles. The summed E-state index contributed by atoms with van der Waals surface area (Å²) in [4.78, 5) is 14.5. The lowest BCUT2D eigenvalue weighted by Crippen LogP contribution is -2.47. The Morgan fingerprint density at radius 1 is 1.21 bits per heavy atom. The van der Waals surface area contributed by atoms with Gasteiger partial charge in [0.15, 0.2) is 0 Å². The van der Waals surface area contributed by atoms with Gasteiger partial charge in [0.1, 0.15) is 5.69 Å². The van der Waals surface area contributed by atoms with E-state index in [2.05, 4.69) is 5.32 Å². The number of carbonyl (C=O) groups excluding carboxylic acids is 1. The molecule has 0 atom stereocenters. The summed E-state index contributed by atoms with van der Waals surface area (Å²) >= 11 is 0. The first-order valence-electron chi connectivity index (χ1n) is 7.32. The Morgan fingerprint density at radius 3 is 2.47 bits per heavy atom. The van der Waals surface area contributed by atoms with Crippen molar-refractivity contribution in [3.05, 3.63) is 24.0 Å². The Bertz CT molecular complexity index is 450. The third-order valence-corrected chi connectivity index (χ3v) is 4.94. The van der Waals surface area contributed by atoms with Crippen molar-refractivity contribution in [2.45, 2.75) is 25.7 Å². The minimum atomic E-state index is 0.191. The summed E-state index contributed by atoms with van der Waals surface area (Å²) in [6, 6.07) is 3.85. The van der Waals surface area contributed by atoms with Gasteiger partial charge in [0.05, 0.1) is 0 Å². The van der Waals surface area contributed by atoms with E-state index in [1.165, 1.54) is 25.7 Å². The number of likely N-dealkylation sites (tertiary alicyclic amines) is 1. The first-order valence-corrected chi connectivity index (χ1v) is 7.32. The van der Waals surface area contributed by atoms with E-state index in [9.17, 15) is 4.79 Å². The van der Waals surface area contributed by atoms with Gasteiger partial charge in [-0.3, -0.25) is 4.79 Å². The van der Waals surface area contributed by atoms with Crippen molar-refractivity contribution in [3.8, 4) is 0 Å². The van der Waals surface area contributed by atoms with Gasteiger partial charge in [0, 0.05) is 26.3 Å². The molecule has 0 aromatic carbocycles. The zero-order valence-corrected chi connectivity index (χ0v) is 11.7. The average Bonchev–Trinajstić information content (AvgIpc) is 2.86. The molecule has 3 heterocycles. The lowest BCUT2D eigenvalue weighted by Gasteiger charge is -2.44. The van der Waals surface area contributed by atoms with Gasteiger partial charge in [0.2, 0.25) is 0 Å². The van der Waals surface area contributed by atoms with E-state index in [0.29, 0.717) is 5.41 Å². The molecule has 1 aromatic rings. The first kappa shape index (κ1) is 12.7. The maximum atomic E-state index is 12.4. The topological polar surface area (TPSA) is 37.3 Å². The molecule has 0 aliphatic carbocycles. The number of hydrogen-bond donors (Lipinski definition) is 1. The van der Waals surface area contributed by atoms with Crippen molar-refractivity contribution in [3.63, 3.8) is 0 Å². The van der Waals surface area contributed by atoms with E-state index in [0.717, 1.165) is 31.9 Å². The van der Waals surface area contributed by atoms with E-state index < -0.39 is 0 Å². The highest BCUT2D eigenvalue weighted by atomic mass is 16.2. The van der Waals surface area contributed by atoms with Crippen LogP contribution in [0.25, 0.3) is 0 Å². The van der Waals surface area contributed by atoms with Crippen molar-refractivity contribution in [2.75, 3.05) is 26.2 Å². The molecule has 2 aliphatic rings. The molecule has 1 amide bonds. The van der Waals surface area contributed by atoms with Crippen molar-refractivity contribution in [2.24, 2.45) is 12.5 Å². The number of rotatable bonds is 1. The Morgan fingerprint density at radius 2 is 1.89 bits per heavy atom. The molecule has 0 radical (unpaired) electrons. The average molecular weight is 261 g/mol. The van der Waals surface area contributed by atoms with Crippen LogP contribution in [0.15, 0.2) is 18.3 Å². The Kier molecular flexibility index (Phi) is 3.35. The molecule has 2 aliphatic heterocycles. The van der Waals surface area contributed by atoms with E-state index in [1.807, 2.05) is 34.8 Å². The molecule has 4 nitrogen and oxygen atoms in total. The van der Waals surface area contributed by atoms with Crippen LogP contribution < -0.4 is 5.32 Å². The maximum absolute atomic E-state index is 12.4. The maximum Gasteiger partial charge on any atom is 0.270 e. The molecule has 19 heavy (non-hydrogen) atoms. The number of nitrogens with zero attached hydrogens (tertiary/aromatic N) is 2. The highest BCUT2D eigenvalue weighted by molar-refractivity contribution is 5.92. The molecule has 3 rings (SSSR count). The number of nitrogens with one attached hydrogen (secondary N) is 1. The van der Waals surface area contributed by atoms with Gasteiger partial charge >= 0.3 is 0 Å². The molecule has 0 unspecified atom stereocenters. The highest BCUT2D eigenvalue weighted by Gasteiger charge is 2.37. The van der Waals surface area contributed by atoms with Crippen molar-refractivity contribution < 1.29 is 4.79 Å². The molecule has 1 aromatic heterocycles. The van der Waals surface area contributed by atoms with Crippen LogP contribution in [0.5, 0.6) is 0 Å². The molecule has 1 spiro atoms. The van der Waals surface area contributed by atoms with E-state index in [-0.39, 0.29) is 5.91 Å². The van der Waals surface area contributed by atoms with Gasteiger partial charge in [-0.25, -0.2) is 0 Å². The minimum absolute atomic E-state index is 0.191. The van der Waals surface area contributed by atoms with Gasteiger partial charge in [-0.15, -0.1) is 0 Å². The Hall–Kier alpha value is -1.29. The molecule has 4 heteroatoms. The second-order valence-corrected chi connectivity index (χ2v) is 6.05. The number of piperidine rings is 2. The zero-order chi connectivity index (χ0) is 13.3. The fourth-order valence-corrected chi connectivity index (χ4v) is 3.49. The fraction of sp³-hybridized carbons (Fsp3) is 0.667. The van der Waals surface area contributed by atoms with E-state index in [1.54, 1.807) is 0 Å². The summed E-state index contributed by atoms with van der Waals surface area (Å²) in [5.41, 5.74) is 1.32. The van der Waals surface area contributed by atoms with Crippen LogP contribution in [0.2, 0.25) is 0 Å². The second-order valence-electron chi connectivity index (χ2n) is 6.05. The molecule has 104 valence electrons. The van der Waals surface area contributed by atoms with E-state index >= 15 is 0 Å². The first-order chi connectivity index (χ1) is 9.20. The standard InChI is InChI=1S/C15H23N3O/c1-17-10-2-3-13(17)14(19)18-11-6-15(7-12-18)4-8-16-9-5-15/h2-3,10,16H,4-9,11-12H2,1H3. The molecule has 0 bridgehead atoms. The van der Waals surface area contributed by atoms with Crippen LogP contribution in [0, 0.1) is 5.41 Å². The highest BCUT2D eigenvalue weighted by Crippen LogP contribution is 2.39. The van der Waals surface area contributed by atoms with Gasteiger partial charge in [-0.1, -0.05) is 0 Å². The number of amides is 1. The van der Waals surface area contributed by atoms with Crippen molar-refractivity contribution in [1.29, 1.82) is 0 Å². The Labute approximate surface area is 114 Å². The Balaban J connectivity index is 1.64. The predicted molar refractivity (Wildman–Crippen MR) is 75.1 cm³/mol. The quantitative estimate of drug-likeness (QED) is 0.834. The fourth-order valence-electron chi connectivity index (χ4n) is 3.49. The largest absolute Gasteiger partial charge is 0.347 e. The predicted octanol–water partition coefficient (Wildman–Crippen LogP) is 1.63. The number of hydrogen-bond acceptors (Lipinski definition) is 2. The SMILES string of the molecule is Cn1cccc1C(=O)N1CCC2(CCNCC2)CC1. The van der Waals surface area contributed by atoms with Crippen molar-refractivity contribution >= 4 is 5.91 Å². The molecule has 2 saturated heterocycles. The molecular weight excluding hydrogens is 238 g/mol. The zero-order valence-electron chi connectivity index (χ0n) is 11.7. The third-order valence-electron chi connectivity index (χ3n) is 4.94. The lowest BCUT2D eigenvalue weighted by atomic mass is 9.71. The summed E-state index contributed by atoms with van der Waals surface area (Å²) < 4.78 is 1.91. The summed E-state index contributed by atoms with van der Waals surface area (Å²) in [6.07, 6.45) is 6.83. The summed E-state index contributed by atoms with van der Waals surface area (Å²) in [6.45, 7) is 4.13.